The predicted molar refractivity (Wildman–Crippen MR) is 224 cm³/mol. The van der Waals surface area contributed by atoms with E-state index < -0.39 is 53.4 Å². The van der Waals surface area contributed by atoms with Gasteiger partial charge in [0.1, 0.15) is 23.7 Å². The van der Waals surface area contributed by atoms with Crippen LogP contribution in [0.3, 0.4) is 0 Å². The van der Waals surface area contributed by atoms with Crippen LogP contribution in [-0.2, 0) is 78.8 Å². The first kappa shape index (κ1) is 50.0. The molecule has 62 heavy (non-hydrogen) atoms. The summed E-state index contributed by atoms with van der Waals surface area (Å²) in [6.45, 7) is 0.838. The Hall–Kier alpha value is -6.33. The Labute approximate surface area is 360 Å². The number of hydrogen-bond acceptors (Lipinski definition) is 14. The lowest BCUT2D eigenvalue weighted by Crippen LogP contribution is -2.52. The van der Waals surface area contributed by atoms with Gasteiger partial charge in [0, 0.05) is 105 Å². The summed E-state index contributed by atoms with van der Waals surface area (Å²) >= 11 is 0. The Morgan fingerprint density at radius 3 is 1.32 bits per heavy atom. The van der Waals surface area contributed by atoms with Crippen LogP contribution < -0.4 is 33.2 Å². The number of primary amides is 3. The maximum absolute atomic E-state index is 13.6. The smallest absolute Gasteiger partial charge is 0.240 e. The number of ketones is 2. The van der Waals surface area contributed by atoms with Gasteiger partial charge in [-0.2, -0.15) is 0 Å². The van der Waals surface area contributed by atoms with E-state index in [1.54, 1.807) is 94.0 Å². The van der Waals surface area contributed by atoms with Crippen LogP contribution in [0, 0.1) is 5.92 Å². The first-order valence-corrected chi connectivity index (χ1v) is 20.1. The van der Waals surface area contributed by atoms with E-state index in [9.17, 15) is 38.4 Å². The molecule has 3 rings (SSSR count). The summed E-state index contributed by atoms with van der Waals surface area (Å²) in [5.74, 6) is -5.15. The minimum Gasteiger partial charge on any atom is -0.369 e. The molecule has 0 aliphatic carbocycles. The topological polar surface area (TPSA) is 314 Å². The molecule has 3 atom stereocenters. The summed E-state index contributed by atoms with van der Waals surface area (Å²) in [5, 5.41) is 7.84. The lowest BCUT2D eigenvalue weighted by molar-refractivity contribution is -0.129. The van der Waals surface area contributed by atoms with E-state index in [4.69, 9.17) is 17.2 Å². The van der Waals surface area contributed by atoms with Gasteiger partial charge in [0.2, 0.25) is 35.4 Å². The van der Waals surface area contributed by atoms with Gasteiger partial charge in [-0.3, -0.25) is 53.1 Å². The number of nitrogens with zero attached hydrogens (tertiary/aromatic N) is 9. The van der Waals surface area contributed by atoms with E-state index in [1.165, 1.54) is 7.05 Å². The zero-order valence-electron chi connectivity index (χ0n) is 36.1. The number of aromatic nitrogens is 6. The number of hydrogen-bond donors (Lipinski definition) is 6. The highest BCUT2D eigenvalue weighted by molar-refractivity contribution is 5.89. The van der Waals surface area contributed by atoms with Gasteiger partial charge in [0.05, 0.1) is 74.7 Å². The minimum atomic E-state index is -1.10. The Morgan fingerprint density at radius 1 is 0.565 bits per heavy atom. The number of imidazole rings is 3. The van der Waals surface area contributed by atoms with Gasteiger partial charge in [-0.25, -0.2) is 15.0 Å². The van der Waals surface area contributed by atoms with Crippen molar-refractivity contribution in [2.24, 2.45) is 44.3 Å². The molecular weight excluding hydrogens is 807 g/mol. The second-order valence-electron chi connectivity index (χ2n) is 15.4. The van der Waals surface area contributed by atoms with Crippen molar-refractivity contribution in [2.45, 2.75) is 51.1 Å². The van der Waals surface area contributed by atoms with Crippen molar-refractivity contribution in [1.29, 1.82) is 0 Å². The maximum Gasteiger partial charge on any atom is 0.240 e. The third-order valence-electron chi connectivity index (χ3n) is 9.83. The number of carbonyl (C=O) groups is 8. The summed E-state index contributed by atoms with van der Waals surface area (Å²) in [4.78, 5) is 120. The molecule has 0 saturated heterocycles. The van der Waals surface area contributed by atoms with Gasteiger partial charge in [-0.1, -0.05) is 6.92 Å². The molecule has 0 aromatic carbocycles. The Balaban J connectivity index is 1.81. The molecule has 3 aromatic heterocycles. The molecule has 9 N–H and O–H groups in total. The lowest BCUT2D eigenvalue weighted by Gasteiger charge is -2.30. The fourth-order valence-corrected chi connectivity index (χ4v) is 6.49. The number of likely N-dealkylation sites (N-methyl/N-ethyl adjacent to an activating group) is 1. The maximum atomic E-state index is 13.6. The number of amides is 6. The molecular formula is C39H61N15O8. The number of aryl methyl sites for hydroxylation is 3. The standard InChI is InChI=1S/C39H61N15O8/c1-6-30(55)18-53(22-36(59)48-33(39(42)62)14-29-17-51(5)25-46-29)9-7-52(21-35(58)47-32(38(41)61)13-28-16-50(4)24-45-28)8-10-54(20-34(57)43-2)19-31(56)12-26(37(40)60)11-27-15-49(3)23-44-27/h15-17,23-26,32-33H,6-14,18-22H2,1-5H3,(H2,40,60)(H2,41,61)(H2,42,62)(H,43,57)(H,47,58)(H,48,59). The number of Topliss-reactive ketones (excluding diaryl/α,β-unsaturated/α-hetero) is 2. The van der Waals surface area contributed by atoms with E-state index >= 15 is 0 Å². The SMILES string of the molecule is CCC(=O)CN(CCN(CCN(CC(=O)CC(Cc1cn(C)cn1)C(N)=O)CC(=O)NC)CC(=O)NC(Cc1cn(C)cn1)C(N)=O)CC(=O)NC(Cc1cn(C)cn1)C(N)=O. The zero-order chi connectivity index (χ0) is 45.9. The summed E-state index contributed by atoms with van der Waals surface area (Å²) in [7, 11) is 6.73. The molecule has 0 fully saturated rings. The van der Waals surface area contributed by atoms with Crippen LogP contribution in [0.2, 0.25) is 0 Å². The molecule has 0 radical (unpaired) electrons. The first-order valence-electron chi connectivity index (χ1n) is 20.1. The van der Waals surface area contributed by atoms with Gasteiger partial charge in [0.25, 0.3) is 0 Å². The summed E-state index contributed by atoms with van der Waals surface area (Å²) < 4.78 is 5.08. The number of carbonyl (C=O) groups excluding carboxylic acids is 8. The summed E-state index contributed by atoms with van der Waals surface area (Å²) in [6.07, 6.45) is 9.98. The largest absolute Gasteiger partial charge is 0.369 e. The number of nitrogens with two attached hydrogens (primary N) is 3. The molecule has 0 aliphatic heterocycles. The fourth-order valence-electron chi connectivity index (χ4n) is 6.49. The third-order valence-corrected chi connectivity index (χ3v) is 9.83. The lowest BCUT2D eigenvalue weighted by atomic mass is 9.96. The van der Waals surface area contributed by atoms with Gasteiger partial charge >= 0.3 is 0 Å². The van der Waals surface area contributed by atoms with Crippen molar-refractivity contribution >= 4 is 47.0 Å². The van der Waals surface area contributed by atoms with Crippen molar-refractivity contribution in [3.8, 4) is 0 Å². The molecule has 3 unspecified atom stereocenters. The van der Waals surface area contributed by atoms with Crippen LogP contribution >= 0.6 is 0 Å². The molecule has 23 nitrogen and oxygen atoms in total. The molecule has 3 heterocycles. The van der Waals surface area contributed by atoms with E-state index in [-0.39, 0.29) is 103 Å². The van der Waals surface area contributed by atoms with Gasteiger partial charge in [0.15, 0.2) is 0 Å². The van der Waals surface area contributed by atoms with Crippen molar-refractivity contribution in [3.63, 3.8) is 0 Å². The van der Waals surface area contributed by atoms with Gasteiger partial charge in [-0.15, -0.1) is 0 Å². The average Bonchev–Trinajstić information content (AvgIpc) is 3.94. The second-order valence-corrected chi connectivity index (χ2v) is 15.4. The zero-order valence-corrected chi connectivity index (χ0v) is 36.1. The van der Waals surface area contributed by atoms with E-state index in [0.717, 1.165) is 0 Å². The van der Waals surface area contributed by atoms with E-state index in [1.807, 2.05) is 0 Å². The Kier molecular flexibility index (Phi) is 20.0. The van der Waals surface area contributed by atoms with Crippen molar-refractivity contribution in [2.75, 3.05) is 66.0 Å². The highest BCUT2D eigenvalue weighted by atomic mass is 16.2. The van der Waals surface area contributed by atoms with Crippen molar-refractivity contribution in [1.82, 2.24) is 59.3 Å². The molecule has 3 aromatic rings. The van der Waals surface area contributed by atoms with Crippen LogP contribution in [-0.4, -0.2) is 168 Å². The first-order chi connectivity index (χ1) is 29.3. The quantitative estimate of drug-likeness (QED) is 0.0369. The van der Waals surface area contributed by atoms with Crippen LogP contribution in [0.25, 0.3) is 0 Å². The van der Waals surface area contributed by atoms with Crippen LogP contribution in [0.15, 0.2) is 37.6 Å². The van der Waals surface area contributed by atoms with Gasteiger partial charge < -0.3 is 46.9 Å². The van der Waals surface area contributed by atoms with Crippen LogP contribution in [0.4, 0.5) is 0 Å². The minimum absolute atomic E-state index is 0.0330. The van der Waals surface area contributed by atoms with E-state index in [2.05, 4.69) is 30.9 Å². The summed E-state index contributed by atoms with van der Waals surface area (Å²) in [6, 6.07) is -2.18. The van der Waals surface area contributed by atoms with E-state index in [0.29, 0.717) is 17.1 Å². The predicted octanol–water partition coefficient (Wildman–Crippen LogP) is -4.45. The highest BCUT2D eigenvalue weighted by Crippen LogP contribution is 2.12. The van der Waals surface area contributed by atoms with Crippen LogP contribution in [0.5, 0.6) is 0 Å². The normalized spacial score (nSPS) is 12.8. The molecule has 0 bridgehead atoms. The Bertz CT molecular complexity index is 1910. The molecule has 0 saturated carbocycles. The summed E-state index contributed by atoms with van der Waals surface area (Å²) in [5.41, 5.74) is 18.6. The molecule has 0 aliphatic rings. The van der Waals surface area contributed by atoms with Crippen LogP contribution in [0.1, 0.15) is 36.8 Å². The number of nitrogens with one attached hydrogen (secondary N) is 3. The molecule has 340 valence electrons. The average molecular weight is 868 g/mol. The van der Waals surface area contributed by atoms with Crippen molar-refractivity contribution < 1.29 is 38.4 Å². The highest BCUT2D eigenvalue weighted by Gasteiger charge is 2.27. The second kappa shape index (κ2) is 24.8. The molecule has 23 heteroatoms. The third kappa shape index (κ3) is 18.1. The fraction of sp³-hybridized carbons (Fsp3) is 0.564. The molecule has 0 spiro atoms. The number of rotatable bonds is 30. The monoisotopic (exact) mass is 867 g/mol. The molecule has 6 amide bonds. The Morgan fingerprint density at radius 2 is 0.952 bits per heavy atom. The van der Waals surface area contributed by atoms with Crippen molar-refractivity contribution in [3.05, 3.63) is 54.7 Å². The van der Waals surface area contributed by atoms with Gasteiger partial charge in [-0.05, 0) is 0 Å².